The number of ether oxygens (including phenoxy) is 1. The van der Waals surface area contributed by atoms with Crippen LogP contribution in [0.4, 0.5) is 5.69 Å². The van der Waals surface area contributed by atoms with E-state index in [0.717, 1.165) is 55.0 Å². The molecule has 0 radical (unpaired) electrons. The van der Waals surface area contributed by atoms with E-state index >= 15 is 0 Å². The van der Waals surface area contributed by atoms with Crippen LogP contribution in [-0.4, -0.2) is 47.3 Å². The molecule has 5 nitrogen and oxygen atoms in total. The number of hydrogen-bond acceptors (Lipinski definition) is 5. The molecular formula is C18H28N4OS. The van der Waals surface area contributed by atoms with E-state index in [0.29, 0.717) is 0 Å². The molecule has 0 aliphatic carbocycles. The van der Waals surface area contributed by atoms with Crippen molar-refractivity contribution in [1.29, 1.82) is 0 Å². The Morgan fingerprint density at radius 1 is 1.08 bits per heavy atom. The van der Waals surface area contributed by atoms with Crippen molar-refractivity contribution in [2.45, 2.75) is 38.9 Å². The number of aromatic nitrogens is 3. The maximum absolute atomic E-state index is 5.10. The summed E-state index contributed by atoms with van der Waals surface area (Å²) in [5.41, 5.74) is 2.37. The maximum atomic E-state index is 5.10. The lowest BCUT2D eigenvalue weighted by Crippen LogP contribution is -2.21. The van der Waals surface area contributed by atoms with Crippen molar-refractivity contribution in [2.24, 2.45) is 0 Å². The Morgan fingerprint density at radius 2 is 1.79 bits per heavy atom. The zero-order chi connectivity index (χ0) is 17.4. The summed E-state index contributed by atoms with van der Waals surface area (Å²) < 4.78 is 7.28. The monoisotopic (exact) mass is 348 g/mol. The highest BCUT2D eigenvalue weighted by atomic mass is 32.2. The van der Waals surface area contributed by atoms with E-state index in [-0.39, 0.29) is 0 Å². The minimum absolute atomic E-state index is 0.785. The fourth-order valence-corrected chi connectivity index (χ4v) is 3.59. The quantitative estimate of drug-likeness (QED) is 0.481. The van der Waals surface area contributed by atoms with E-state index in [1.54, 1.807) is 18.9 Å². The highest BCUT2D eigenvalue weighted by Gasteiger charge is 2.13. The third-order valence-electron chi connectivity index (χ3n) is 4.01. The Kier molecular flexibility index (Phi) is 7.59. The standard InChI is InChI=1S/C18H28N4OS/c1-5-21(6-2)16-11-9-15(10-12-16)17-19-20-18(22(17)7-3)24-14-8-13-23-4/h9-12H,5-8,13-14H2,1-4H3. The molecule has 0 saturated carbocycles. The zero-order valence-electron chi connectivity index (χ0n) is 15.2. The van der Waals surface area contributed by atoms with Gasteiger partial charge in [-0.2, -0.15) is 0 Å². The van der Waals surface area contributed by atoms with Crippen LogP contribution in [0, 0.1) is 0 Å². The fraction of sp³-hybridized carbons (Fsp3) is 0.556. The summed E-state index contributed by atoms with van der Waals surface area (Å²) in [5.74, 6) is 1.94. The lowest BCUT2D eigenvalue weighted by molar-refractivity contribution is 0.200. The Morgan fingerprint density at radius 3 is 2.38 bits per heavy atom. The van der Waals surface area contributed by atoms with Gasteiger partial charge < -0.3 is 14.2 Å². The highest BCUT2D eigenvalue weighted by Crippen LogP contribution is 2.26. The predicted octanol–water partition coefficient (Wildman–Crippen LogP) is 3.94. The molecule has 132 valence electrons. The number of nitrogens with zero attached hydrogens (tertiary/aromatic N) is 4. The van der Waals surface area contributed by atoms with Gasteiger partial charge in [0.25, 0.3) is 0 Å². The van der Waals surface area contributed by atoms with Crippen LogP contribution in [-0.2, 0) is 11.3 Å². The van der Waals surface area contributed by atoms with Gasteiger partial charge in [-0.25, -0.2) is 0 Å². The van der Waals surface area contributed by atoms with Crippen LogP contribution in [0.25, 0.3) is 11.4 Å². The van der Waals surface area contributed by atoms with E-state index in [9.17, 15) is 0 Å². The van der Waals surface area contributed by atoms with E-state index in [1.165, 1.54) is 5.69 Å². The first-order valence-electron chi connectivity index (χ1n) is 8.65. The van der Waals surface area contributed by atoms with E-state index < -0.39 is 0 Å². The third kappa shape index (κ3) is 4.51. The van der Waals surface area contributed by atoms with Crippen LogP contribution in [0.2, 0.25) is 0 Å². The number of rotatable bonds is 10. The molecule has 0 atom stereocenters. The summed E-state index contributed by atoms with van der Waals surface area (Å²) in [6, 6.07) is 8.62. The Balaban J connectivity index is 2.15. The largest absolute Gasteiger partial charge is 0.385 e. The SMILES string of the molecule is CCN(CC)c1ccc(-c2nnc(SCCCOC)n2CC)cc1. The molecule has 2 rings (SSSR count). The van der Waals surface area contributed by atoms with Gasteiger partial charge in [0.05, 0.1) is 0 Å². The van der Waals surface area contributed by atoms with Gasteiger partial charge in [-0.15, -0.1) is 10.2 Å². The average molecular weight is 349 g/mol. The van der Waals surface area contributed by atoms with E-state index in [4.69, 9.17) is 4.74 Å². The molecule has 1 aromatic heterocycles. The third-order valence-corrected chi connectivity index (χ3v) is 5.06. The number of thioether (sulfide) groups is 1. The van der Waals surface area contributed by atoms with Gasteiger partial charge in [0.2, 0.25) is 0 Å². The molecule has 0 saturated heterocycles. The second kappa shape index (κ2) is 9.69. The van der Waals surface area contributed by atoms with Gasteiger partial charge in [0, 0.05) is 50.4 Å². The molecule has 2 aromatic rings. The van der Waals surface area contributed by atoms with Crippen molar-refractivity contribution < 1.29 is 4.74 Å². The maximum Gasteiger partial charge on any atom is 0.191 e. The van der Waals surface area contributed by atoms with Crippen LogP contribution < -0.4 is 4.90 Å². The molecule has 1 heterocycles. The second-order valence-electron chi connectivity index (χ2n) is 5.46. The molecule has 0 N–H and O–H groups in total. The molecule has 0 spiro atoms. The first kappa shape index (κ1) is 18.8. The van der Waals surface area contributed by atoms with E-state index in [1.807, 2.05) is 0 Å². The Labute approximate surface area is 149 Å². The van der Waals surface area contributed by atoms with Gasteiger partial charge in [0.1, 0.15) is 0 Å². The van der Waals surface area contributed by atoms with Crippen LogP contribution in [0.5, 0.6) is 0 Å². The molecule has 0 aliphatic rings. The summed E-state index contributed by atoms with van der Waals surface area (Å²) in [6.07, 6.45) is 1.02. The average Bonchev–Trinajstić information content (AvgIpc) is 3.03. The zero-order valence-corrected chi connectivity index (χ0v) is 16.0. The van der Waals surface area contributed by atoms with Gasteiger partial charge >= 0.3 is 0 Å². The topological polar surface area (TPSA) is 43.2 Å². The molecule has 24 heavy (non-hydrogen) atoms. The molecule has 6 heteroatoms. The van der Waals surface area contributed by atoms with Gasteiger partial charge in [-0.3, -0.25) is 0 Å². The van der Waals surface area contributed by atoms with Gasteiger partial charge in [0.15, 0.2) is 11.0 Å². The van der Waals surface area contributed by atoms with Crippen molar-refractivity contribution in [2.75, 3.05) is 37.5 Å². The van der Waals surface area contributed by atoms with Crippen molar-refractivity contribution in [3.63, 3.8) is 0 Å². The van der Waals surface area contributed by atoms with Crippen LogP contribution in [0.1, 0.15) is 27.2 Å². The van der Waals surface area contributed by atoms with Crippen molar-refractivity contribution in [3.8, 4) is 11.4 Å². The summed E-state index contributed by atoms with van der Waals surface area (Å²) in [5, 5.41) is 9.78. The van der Waals surface area contributed by atoms with Crippen LogP contribution in [0.3, 0.4) is 0 Å². The summed E-state index contributed by atoms with van der Waals surface area (Å²) in [7, 11) is 1.74. The molecule has 0 unspecified atom stereocenters. The predicted molar refractivity (Wildman–Crippen MR) is 102 cm³/mol. The second-order valence-corrected chi connectivity index (χ2v) is 6.53. The number of benzene rings is 1. The summed E-state index contributed by atoms with van der Waals surface area (Å²) >= 11 is 1.74. The van der Waals surface area contributed by atoms with Crippen LogP contribution >= 0.6 is 11.8 Å². The lowest BCUT2D eigenvalue weighted by Gasteiger charge is -2.21. The first-order chi connectivity index (χ1) is 11.7. The smallest absolute Gasteiger partial charge is 0.191 e. The van der Waals surface area contributed by atoms with Crippen LogP contribution in [0.15, 0.2) is 29.4 Å². The van der Waals surface area contributed by atoms with E-state index in [2.05, 4.69) is 64.7 Å². The number of methoxy groups -OCH3 is 1. The molecule has 0 bridgehead atoms. The molecule has 0 fully saturated rings. The first-order valence-corrected chi connectivity index (χ1v) is 9.63. The van der Waals surface area contributed by atoms with Gasteiger partial charge in [-0.1, -0.05) is 11.8 Å². The minimum Gasteiger partial charge on any atom is -0.385 e. The normalized spacial score (nSPS) is 11.0. The Bertz CT molecular complexity index is 608. The number of anilines is 1. The molecule has 0 amide bonds. The van der Waals surface area contributed by atoms with Gasteiger partial charge in [-0.05, 0) is 51.5 Å². The molecular weight excluding hydrogens is 320 g/mol. The minimum atomic E-state index is 0.785. The summed E-state index contributed by atoms with van der Waals surface area (Å²) in [6.45, 7) is 10.2. The van der Waals surface area contributed by atoms with Crippen molar-refractivity contribution in [1.82, 2.24) is 14.8 Å². The highest BCUT2D eigenvalue weighted by molar-refractivity contribution is 7.99. The Hall–Kier alpha value is -1.53. The molecule has 0 aliphatic heterocycles. The lowest BCUT2D eigenvalue weighted by atomic mass is 10.2. The summed E-state index contributed by atoms with van der Waals surface area (Å²) in [4.78, 5) is 2.34. The number of hydrogen-bond donors (Lipinski definition) is 0. The molecule has 1 aromatic carbocycles. The van der Waals surface area contributed by atoms with Crippen molar-refractivity contribution in [3.05, 3.63) is 24.3 Å². The van der Waals surface area contributed by atoms with Crippen molar-refractivity contribution >= 4 is 17.4 Å². The fourth-order valence-electron chi connectivity index (χ4n) is 2.67.